The molecule has 0 aromatic heterocycles. The predicted molar refractivity (Wildman–Crippen MR) is 102 cm³/mol. The van der Waals surface area contributed by atoms with Gasteiger partial charge in [-0.2, -0.15) is 0 Å². The van der Waals surface area contributed by atoms with Crippen molar-refractivity contribution in [3.63, 3.8) is 0 Å². The molecule has 3 aromatic carbocycles. The van der Waals surface area contributed by atoms with Gasteiger partial charge in [-0.1, -0.05) is 78.0 Å². The summed E-state index contributed by atoms with van der Waals surface area (Å²) < 4.78 is 6.40. The van der Waals surface area contributed by atoms with E-state index in [2.05, 4.69) is 60.7 Å². The van der Waals surface area contributed by atoms with E-state index in [9.17, 15) is 0 Å². The van der Waals surface area contributed by atoms with E-state index in [0.717, 1.165) is 10.6 Å². The molecule has 0 spiro atoms. The minimum atomic E-state index is -0.551. The van der Waals surface area contributed by atoms with Crippen LogP contribution in [0.1, 0.15) is 18.1 Å². The molecule has 1 heterocycles. The van der Waals surface area contributed by atoms with Crippen LogP contribution in [0.5, 0.6) is 0 Å². The molecule has 4 rings (SSSR count). The monoisotopic (exact) mass is 352 g/mol. The van der Waals surface area contributed by atoms with Crippen LogP contribution in [0.4, 0.5) is 0 Å². The van der Waals surface area contributed by atoms with E-state index < -0.39 is 4.93 Å². The SMILES string of the molecule is CCOC1(c2ccc(Cl)cc2)Sc2ccccc2-c2ccccc21. The van der Waals surface area contributed by atoms with Gasteiger partial charge < -0.3 is 4.74 Å². The maximum atomic E-state index is 6.40. The van der Waals surface area contributed by atoms with Crippen LogP contribution in [0.15, 0.2) is 77.7 Å². The van der Waals surface area contributed by atoms with Gasteiger partial charge in [-0.25, -0.2) is 0 Å². The van der Waals surface area contributed by atoms with Crippen molar-refractivity contribution in [2.45, 2.75) is 16.8 Å². The molecule has 120 valence electrons. The van der Waals surface area contributed by atoms with Crippen LogP contribution in [0.2, 0.25) is 5.02 Å². The van der Waals surface area contributed by atoms with Gasteiger partial charge in [-0.05, 0) is 41.8 Å². The molecule has 0 aliphatic carbocycles. The molecule has 0 radical (unpaired) electrons. The Morgan fingerprint density at radius 1 is 0.875 bits per heavy atom. The molecule has 0 saturated carbocycles. The molecule has 3 heteroatoms. The van der Waals surface area contributed by atoms with Gasteiger partial charge in [0.25, 0.3) is 0 Å². The maximum Gasteiger partial charge on any atom is 0.169 e. The Kier molecular flexibility index (Phi) is 4.13. The second kappa shape index (κ2) is 6.29. The fourth-order valence-electron chi connectivity index (χ4n) is 3.27. The van der Waals surface area contributed by atoms with Crippen LogP contribution < -0.4 is 0 Å². The van der Waals surface area contributed by atoms with E-state index in [4.69, 9.17) is 16.3 Å². The lowest BCUT2D eigenvalue weighted by Crippen LogP contribution is -2.30. The zero-order valence-electron chi connectivity index (χ0n) is 13.3. The second-order valence-electron chi connectivity index (χ2n) is 5.70. The Morgan fingerprint density at radius 3 is 2.29 bits per heavy atom. The van der Waals surface area contributed by atoms with Crippen molar-refractivity contribution in [1.29, 1.82) is 0 Å². The molecule has 1 aliphatic heterocycles. The molecule has 0 saturated heterocycles. The molecule has 0 fully saturated rings. The summed E-state index contributed by atoms with van der Waals surface area (Å²) in [4.78, 5) is 0.684. The first-order valence-electron chi connectivity index (χ1n) is 8.02. The van der Waals surface area contributed by atoms with Crippen LogP contribution in [0.25, 0.3) is 11.1 Å². The van der Waals surface area contributed by atoms with E-state index >= 15 is 0 Å². The second-order valence-corrected chi connectivity index (χ2v) is 7.36. The molecule has 24 heavy (non-hydrogen) atoms. The van der Waals surface area contributed by atoms with Crippen molar-refractivity contribution in [3.05, 3.63) is 88.9 Å². The lowest BCUT2D eigenvalue weighted by molar-refractivity contribution is 0.0623. The van der Waals surface area contributed by atoms with Gasteiger partial charge in [0, 0.05) is 22.1 Å². The Hall–Kier alpha value is -1.74. The average molecular weight is 353 g/mol. The van der Waals surface area contributed by atoms with Gasteiger partial charge in [-0.15, -0.1) is 0 Å². The third kappa shape index (κ3) is 2.46. The van der Waals surface area contributed by atoms with E-state index in [-0.39, 0.29) is 0 Å². The number of hydrogen-bond acceptors (Lipinski definition) is 2. The summed E-state index contributed by atoms with van der Waals surface area (Å²) >= 11 is 7.87. The lowest BCUT2D eigenvalue weighted by Gasteiger charge is -2.39. The molecule has 0 bridgehead atoms. The van der Waals surface area contributed by atoms with Gasteiger partial charge in [0.15, 0.2) is 4.93 Å². The Labute approximate surface area is 151 Å². The first kappa shape index (κ1) is 15.8. The molecule has 1 unspecified atom stereocenters. The maximum absolute atomic E-state index is 6.40. The highest BCUT2D eigenvalue weighted by molar-refractivity contribution is 8.00. The topological polar surface area (TPSA) is 9.23 Å². The molecular weight excluding hydrogens is 336 g/mol. The van der Waals surface area contributed by atoms with Gasteiger partial charge in [-0.3, -0.25) is 0 Å². The van der Waals surface area contributed by atoms with Crippen molar-refractivity contribution in [3.8, 4) is 11.1 Å². The summed E-state index contributed by atoms with van der Waals surface area (Å²) in [6.07, 6.45) is 0. The number of thioether (sulfide) groups is 1. The third-order valence-corrected chi connectivity index (χ3v) is 5.97. The zero-order chi connectivity index (χ0) is 16.6. The summed E-state index contributed by atoms with van der Waals surface area (Å²) in [5.74, 6) is 0. The van der Waals surface area contributed by atoms with Gasteiger partial charge >= 0.3 is 0 Å². The summed E-state index contributed by atoms with van der Waals surface area (Å²) in [6.45, 7) is 2.67. The molecule has 1 aliphatic rings. The van der Waals surface area contributed by atoms with Crippen molar-refractivity contribution in [2.75, 3.05) is 6.61 Å². The number of ether oxygens (including phenoxy) is 1. The number of hydrogen-bond donors (Lipinski definition) is 0. The van der Waals surface area contributed by atoms with E-state index in [1.54, 1.807) is 11.8 Å². The third-order valence-electron chi connectivity index (χ3n) is 4.28. The van der Waals surface area contributed by atoms with Crippen LogP contribution in [0, 0.1) is 0 Å². The number of rotatable bonds is 3. The van der Waals surface area contributed by atoms with Gasteiger partial charge in [0.05, 0.1) is 0 Å². The number of halogens is 1. The quantitative estimate of drug-likeness (QED) is 0.543. The highest BCUT2D eigenvalue weighted by atomic mass is 35.5. The van der Waals surface area contributed by atoms with Crippen molar-refractivity contribution in [2.24, 2.45) is 0 Å². The highest BCUT2D eigenvalue weighted by Crippen LogP contribution is 2.56. The summed E-state index contributed by atoms with van der Waals surface area (Å²) in [6, 6.07) is 25.0. The zero-order valence-corrected chi connectivity index (χ0v) is 14.9. The van der Waals surface area contributed by atoms with Gasteiger partial charge in [0.1, 0.15) is 0 Å². The van der Waals surface area contributed by atoms with Crippen LogP contribution in [0.3, 0.4) is 0 Å². The first-order chi connectivity index (χ1) is 11.7. The lowest BCUT2D eigenvalue weighted by atomic mass is 9.91. The van der Waals surface area contributed by atoms with Crippen molar-refractivity contribution < 1.29 is 4.74 Å². The summed E-state index contributed by atoms with van der Waals surface area (Å²) in [5.41, 5.74) is 4.80. The van der Waals surface area contributed by atoms with Gasteiger partial charge in [0.2, 0.25) is 0 Å². The molecular formula is C21H17ClOS. The standard InChI is InChI=1S/C21H17ClOS/c1-2-23-21(15-11-13-16(22)14-12-15)19-9-5-3-7-17(19)18-8-4-6-10-20(18)24-21/h3-14H,2H2,1H3. The minimum absolute atomic E-state index is 0.551. The predicted octanol–water partition coefficient (Wildman–Crippen LogP) is 6.35. The molecule has 1 atom stereocenters. The molecule has 0 amide bonds. The Bertz CT molecular complexity index is 875. The van der Waals surface area contributed by atoms with Crippen LogP contribution in [-0.2, 0) is 9.67 Å². The van der Waals surface area contributed by atoms with Crippen LogP contribution in [-0.4, -0.2) is 6.61 Å². The molecule has 0 N–H and O–H groups in total. The van der Waals surface area contributed by atoms with E-state index in [1.165, 1.54) is 21.6 Å². The minimum Gasteiger partial charge on any atom is -0.356 e. The smallest absolute Gasteiger partial charge is 0.169 e. The number of fused-ring (bicyclic) bond motifs is 3. The molecule has 1 nitrogen and oxygen atoms in total. The number of benzene rings is 3. The highest BCUT2D eigenvalue weighted by Gasteiger charge is 2.42. The van der Waals surface area contributed by atoms with Crippen molar-refractivity contribution in [1.82, 2.24) is 0 Å². The fraction of sp³-hybridized carbons (Fsp3) is 0.143. The van der Waals surface area contributed by atoms with E-state index in [1.807, 2.05) is 19.1 Å². The van der Waals surface area contributed by atoms with Crippen molar-refractivity contribution >= 4 is 23.4 Å². The fourth-order valence-corrected chi connectivity index (χ4v) is 4.86. The van der Waals surface area contributed by atoms with Crippen LogP contribution >= 0.6 is 23.4 Å². The normalized spacial score (nSPS) is 18.8. The Balaban J connectivity index is 2.00. The molecule has 3 aromatic rings. The average Bonchev–Trinajstić information content (AvgIpc) is 2.63. The van der Waals surface area contributed by atoms with E-state index in [0.29, 0.717) is 6.61 Å². The summed E-state index contributed by atoms with van der Waals surface area (Å²) in [7, 11) is 0. The summed E-state index contributed by atoms with van der Waals surface area (Å²) in [5, 5.41) is 0.736. The largest absolute Gasteiger partial charge is 0.356 e. The Morgan fingerprint density at radius 2 is 1.54 bits per heavy atom. The first-order valence-corrected chi connectivity index (χ1v) is 9.22.